The molecule has 0 saturated carbocycles. The summed E-state index contributed by atoms with van der Waals surface area (Å²) >= 11 is 0. The van der Waals surface area contributed by atoms with Crippen molar-refractivity contribution in [2.45, 2.75) is 13.0 Å². The third kappa shape index (κ3) is 2.97. The summed E-state index contributed by atoms with van der Waals surface area (Å²) in [5, 5.41) is 3.30. The van der Waals surface area contributed by atoms with Gasteiger partial charge in [-0.15, -0.1) is 0 Å². The van der Waals surface area contributed by atoms with E-state index in [-0.39, 0.29) is 5.91 Å². The first-order valence-corrected chi connectivity index (χ1v) is 4.76. The van der Waals surface area contributed by atoms with Crippen LogP contribution in [-0.4, -0.2) is 62.0 Å². The maximum Gasteiger partial charge on any atom is 0.236 e. The molecule has 1 aliphatic rings. The third-order valence-corrected chi connectivity index (χ3v) is 2.48. The fourth-order valence-corrected chi connectivity index (χ4v) is 1.43. The zero-order chi connectivity index (χ0) is 9.84. The number of nitrogens with one attached hydrogen (secondary N) is 1. The maximum atomic E-state index is 11.4. The maximum absolute atomic E-state index is 11.4. The van der Waals surface area contributed by atoms with E-state index in [9.17, 15) is 4.79 Å². The second kappa shape index (κ2) is 4.58. The van der Waals surface area contributed by atoms with Crippen molar-refractivity contribution in [2.24, 2.45) is 0 Å². The van der Waals surface area contributed by atoms with Crippen LogP contribution in [0, 0.1) is 0 Å². The molecular weight excluding hydrogens is 166 g/mol. The Kier molecular flexibility index (Phi) is 3.69. The molecule has 1 rings (SSSR count). The summed E-state index contributed by atoms with van der Waals surface area (Å²) in [6, 6.07) is 0.470. The van der Waals surface area contributed by atoms with Crippen molar-refractivity contribution in [1.82, 2.24) is 15.1 Å². The van der Waals surface area contributed by atoms with E-state index in [0.29, 0.717) is 12.6 Å². The highest BCUT2D eigenvalue weighted by Gasteiger charge is 2.20. The molecule has 1 fully saturated rings. The number of carbonyl (C=O) groups excluding carboxylic acids is 1. The SMILES string of the molecule is C[C@@H]1CNCCN1CC(=O)N(C)C. The van der Waals surface area contributed by atoms with Gasteiger partial charge in [0.05, 0.1) is 6.54 Å². The first-order chi connectivity index (χ1) is 6.11. The fourth-order valence-electron chi connectivity index (χ4n) is 1.43. The van der Waals surface area contributed by atoms with Crippen molar-refractivity contribution < 1.29 is 4.79 Å². The lowest BCUT2D eigenvalue weighted by Crippen LogP contribution is -2.52. The Morgan fingerprint density at radius 2 is 2.31 bits per heavy atom. The first-order valence-electron chi connectivity index (χ1n) is 4.76. The van der Waals surface area contributed by atoms with Gasteiger partial charge in [0.25, 0.3) is 0 Å². The monoisotopic (exact) mass is 185 g/mol. The quantitative estimate of drug-likeness (QED) is 0.622. The van der Waals surface area contributed by atoms with Gasteiger partial charge in [-0.2, -0.15) is 0 Å². The molecule has 0 unspecified atom stereocenters. The van der Waals surface area contributed by atoms with Crippen LogP contribution in [0.2, 0.25) is 0 Å². The predicted molar refractivity (Wildman–Crippen MR) is 52.6 cm³/mol. The molecule has 0 aliphatic carbocycles. The lowest BCUT2D eigenvalue weighted by atomic mass is 10.2. The first kappa shape index (κ1) is 10.5. The van der Waals surface area contributed by atoms with Crippen LogP contribution in [0.3, 0.4) is 0 Å². The molecule has 13 heavy (non-hydrogen) atoms. The molecule has 4 heteroatoms. The van der Waals surface area contributed by atoms with Gasteiger partial charge >= 0.3 is 0 Å². The number of amides is 1. The summed E-state index contributed by atoms with van der Waals surface area (Å²) < 4.78 is 0. The molecule has 0 spiro atoms. The number of hydrogen-bond acceptors (Lipinski definition) is 3. The topological polar surface area (TPSA) is 35.6 Å². The average molecular weight is 185 g/mol. The van der Waals surface area contributed by atoms with E-state index in [1.54, 1.807) is 19.0 Å². The molecule has 4 nitrogen and oxygen atoms in total. The summed E-state index contributed by atoms with van der Waals surface area (Å²) in [6.07, 6.45) is 0. The van der Waals surface area contributed by atoms with Crippen molar-refractivity contribution in [3.63, 3.8) is 0 Å². The highest BCUT2D eigenvalue weighted by atomic mass is 16.2. The molecule has 1 aliphatic heterocycles. The molecule has 0 radical (unpaired) electrons. The Bertz CT molecular complexity index is 182. The fraction of sp³-hybridized carbons (Fsp3) is 0.889. The van der Waals surface area contributed by atoms with Crippen LogP contribution in [0.25, 0.3) is 0 Å². The van der Waals surface area contributed by atoms with Gasteiger partial charge in [-0.25, -0.2) is 0 Å². The van der Waals surface area contributed by atoms with Crippen LogP contribution in [-0.2, 0) is 4.79 Å². The molecule has 0 aromatic rings. The third-order valence-electron chi connectivity index (χ3n) is 2.48. The van der Waals surface area contributed by atoms with E-state index in [0.717, 1.165) is 19.6 Å². The number of piperazine rings is 1. The van der Waals surface area contributed by atoms with Gasteiger partial charge in [0.1, 0.15) is 0 Å². The molecule has 0 bridgehead atoms. The minimum Gasteiger partial charge on any atom is -0.348 e. The lowest BCUT2D eigenvalue weighted by Gasteiger charge is -2.33. The minimum absolute atomic E-state index is 0.189. The van der Waals surface area contributed by atoms with Crippen LogP contribution < -0.4 is 5.32 Å². The van der Waals surface area contributed by atoms with E-state index in [1.165, 1.54) is 0 Å². The Balaban J connectivity index is 2.38. The smallest absolute Gasteiger partial charge is 0.236 e. The molecule has 1 saturated heterocycles. The van der Waals surface area contributed by atoms with Crippen molar-refractivity contribution in [2.75, 3.05) is 40.3 Å². The number of nitrogens with zero attached hydrogens (tertiary/aromatic N) is 2. The van der Waals surface area contributed by atoms with Gasteiger partial charge in [0.2, 0.25) is 5.91 Å². The standard InChI is InChI=1S/C9H19N3O/c1-8-6-10-4-5-12(8)7-9(13)11(2)3/h8,10H,4-7H2,1-3H3/t8-/m1/s1. The van der Waals surface area contributed by atoms with Crippen LogP contribution in [0.4, 0.5) is 0 Å². The summed E-state index contributed by atoms with van der Waals surface area (Å²) in [7, 11) is 3.60. The average Bonchev–Trinajstić information content (AvgIpc) is 2.08. The van der Waals surface area contributed by atoms with E-state index >= 15 is 0 Å². The van der Waals surface area contributed by atoms with Gasteiger partial charge in [-0.1, -0.05) is 0 Å². The Morgan fingerprint density at radius 3 is 2.85 bits per heavy atom. The van der Waals surface area contributed by atoms with E-state index in [4.69, 9.17) is 0 Å². The molecule has 1 heterocycles. The predicted octanol–water partition coefficient (Wildman–Crippen LogP) is -0.632. The van der Waals surface area contributed by atoms with Crippen molar-refractivity contribution in [3.8, 4) is 0 Å². The Morgan fingerprint density at radius 1 is 1.62 bits per heavy atom. The molecule has 1 amide bonds. The van der Waals surface area contributed by atoms with Crippen molar-refractivity contribution in [1.29, 1.82) is 0 Å². The summed E-state index contributed by atoms with van der Waals surface area (Å²) in [6.45, 7) is 5.65. The van der Waals surface area contributed by atoms with E-state index in [2.05, 4.69) is 17.1 Å². The second-order valence-corrected chi connectivity index (χ2v) is 3.81. The van der Waals surface area contributed by atoms with Gasteiger partial charge in [0, 0.05) is 39.8 Å². The van der Waals surface area contributed by atoms with E-state index in [1.807, 2.05) is 0 Å². The van der Waals surface area contributed by atoms with Crippen LogP contribution in [0.1, 0.15) is 6.92 Å². The van der Waals surface area contributed by atoms with Gasteiger partial charge < -0.3 is 10.2 Å². The van der Waals surface area contributed by atoms with Crippen LogP contribution >= 0.6 is 0 Å². The lowest BCUT2D eigenvalue weighted by molar-refractivity contribution is -0.130. The van der Waals surface area contributed by atoms with Gasteiger partial charge in [0.15, 0.2) is 0 Å². The largest absolute Gasteiger partial charge is 0.348 e. The van der Waals surface area contributed by atoms with Crippen LogP contribution in [0.15, 0.2) is 0 Å². The summed E-state index contributed by atoms with van der Waals surface area (Å²) in [5.74, 6) is 0.189. The zero-order valence-corrected chi connectivity index (χ0v) is 8.71. The Hall–Kier alpha value is -0.610. The second-order valence-electron chi connectivity index (χ2n) is 3.81. The normalized spacial score (nSPS) is 24.4. The molecule has 0 aromatic heterocycles. The van der Waals surface area contributed by atoms with Crippen molar-refractivity contribution >= 4 is 5.91 Å². The van der Waals surface area contributed by atoms with Crippen LogP contribution in [0.5, 0.6) is 0 Å². The Labute approximate surface area is 79.9 Å². The molecule has 1 N–H and O–H groups in total. The summed E-state index contributed by atoms with van der Waals surface area (Å²) in [5.41, 5.74) is 0. The van der Waals surface area contributed by atoms with E-state index < -0.39 is 0 Å². The minimum atomic E-state index is 0.189. The molecule has 76 valence electrons. The number of likely N-dealkylation sites (N-methyl/N-ethyl adjacent to an activating group) is 1. The highest BCUT2D eigenvalue weighted by Crippen LogP contribution is 2.01. The van der Waals surface area contributed by atoms with Gasteiger partial charge in [-0.3, -0.25) is 9.69 Å². The van der Waals surface area contributed by atoms with Gasteiger partial charge in [-0.05, 0) is 6.92 Å². The highest BCUT2D eigenvalue weighted by molar-refractivity contribution is 5.77. The molecule has 1 atom stereocenters. The molecular formula is C9H19N3O. The summed E-state index contributed by atoms with van der Waals surface area (Å²) in [4.78, 5) is 15.3. The number of carbonyl (C=O) groups is 1. The number of rotatable bonds is 2. The molecule has 0 aromatic carbocycles. The zero-order valence-electron chi connectivity index (χ0n) is 8.71. The van der Waals surface area contributed by atoms with Crippen molar-refractivity contribution in [3.05, 3.63) is 0 Å². The number of hydrogen-bond donors (Lipinski definition) is 1.